The van der Waals surface area contributed by atoms with Gasteiger partial charge in [-0.2, -0.15) is 11.8 Å². The first-order valence-corrected chi connectivity index (χ1v) is 15.9. The lowest BCUT2D eigenvalue weighted by molar-refractivity contribution is -0.141. The fraction of sp³-hybridized carbons (Fsp3) is 0.577. The third-order valence-corrected chi connectivity index (χ3v) is 8.78. The maximum absolute atomic E-state index is 12.9. The van der Waals surface area contributed by atoms with Crippen LogP contribution in [0.5, 0.6) is 0 Å². The van der Waals surface area contributed by atoms with Gasteiger partial charge in [0.2, 0.25) is 23.6 Å². The number of carbonyl (C=O) groups excluding carboxylic acids is 4. The van der Waals surface area contributed by atoms with Crippen LogP contribution in [0.2, 0.25) is 0 Å². The Bertz CT molecular complexity index is 1020. The van der Waals surface area contributed by atoms with Crippen molar-refractivity contribution < 1.29 is 29.1 Å². The van der Waals surface area contributed by atoms with Gasteiger partial charge in [0.1, 0.15) is 23.6 Å². The zero-order valence-electron chi connectivity index (χ0n) is 22.7. The Hall–Kier alpha value is -2.77. The molecule has 0 fully saturated rings. The Kier molecular flexibility index (Phi) is 13.6. The summed E-state index contributed by atoms with van der Waals surface area (Å²) < 4.78 is 0. The molecule has 0 saturated carbocycles. The zero-order chi connectivity index (χ0) is 28.9. The maximum Gasteiger partial charge on any atom is 0.326 e. The lowest BCUT2D eigenvalue weighted by Gasteiger charge is -2.21. The number of rotatable bonds is 5. The molecule has 0 spiro atoms. The van der Waals surface area contributed by atoms with Crippen molar-refractivity contribution in [2.24, 2.45) is 11.7 Å². The summed E-state index contributed by atoms with van der Waals surface area (Å²) in [6.07, 6.45) is 2.80. The lowest BCUT2D eigenvalue weighted by atomic mass is 10.0. The van der Waals surface area contributed by atoms with Gasteiger partial charge in [0.15, 0.2) is 0 Å². The molecular formula is C26H40N5O6S2+. The molecule has 11 nitrogen and oxygen atoms in total. The number of thioether (sulfide) groups is 1. The Morgan fingerprint density at radius 3 is 2.54 bits per heavy atom. The second-order valence-corrected chi connectivity index (χ2v) is 13.3. The topological polar surface area (TPSA) is 180 Å². The van der Waals surface area contributed by atoms with Gasteiger partial charge in [-0.1, -0.05) is 38.1 Å². The number of hydrogen-bond acceptors (Lipinski definition) is 7. The fourth-order valence-electron chi connectivity index (χ4n) is 3.89. The van der Waals surface area contributed by atoms with Crippen LogP contribution < -0.4 is 27.0 Å². The number of carboxylic acid groups (broad SMARTS) is 1. The molecule has 2 bridgehead atoms. The Balaban J connectivity index is 2.18. The Labute approximate surface area is 236 Å². The molecule has 0 aromatic heterocycles. The molecule has 1 unspecified atom stereocenters. The normalized spacial score (nSPS) is 23.1. The van der Waals surface area contributed by atoms with E-state index in [-0.39, 0.29) is 29.0 Å². The minimum absolute atomic E-state index is 0.122. The van der Waals surface area contributed by atoms with Crippen molar-refractivity contribution >= 4 is 52.3 Å². The van der Waals surface area contributed by atoms with Crippen molar-refractivity contribution in [3.8, 4) is 0 Å². The molecule has 0 radical (unpaired) electrons. The van der Waals surface area contributed by atoms with Gasteiger partial charge in [-0.05, 0) is 28.8 Å². The monoisotopic (exact) mass is 582 g/mol. The summed E-state index contributed by atoms with van der Waals surface area (Å²) in [4.78, 5) is 61.7. The molecule has 0 aliphatic carbocycles. The van der Waals surface area contributed by atoms with Crippen LogP contribution in [0.1, 0.15) is 37.8 Å². The van der Waals surface area contributed by atoms with Gasteiger partial charge in [-0.15, -0.1) is 0 Å². The first kappa shape index (κ1) is 32.4. The summed E-state index contributed by atoms with van der Waals surface area (Å²) in [5, 5.41) is 19.6. The predicted molar refractivity (Wildman–Crippen MR) is 154 cm³/mol. The quantitative estimate of drug-likeness (QED) is 0.257. The summed E-state index contributed by atoms with van der Waals surface area (Å²) in [6, 6.07) is 5.32. The van der Waals surface area contributed by atoms with E-state index in [0.29, 0.717) is 17.9 Å². The van der Waals surface area contributed by atoms with Gasteiger partial charge in [0.25, 0.3) is 0 Å². The lowest BCUT2D eigenvalue weighted by Crippen LogP contribution is -2.54. The molecular weight excluding hydrogens is 542 g/mol. The van der Waals surface area contributed by atoms with E-state index >= 15 is 0 Å². The van der Waals surface area contributed by atoms with Gasteiger partial charge in [-0.3, -0.25) is 19.2 Å². The number of benzene rings is 1. The number of carboxylic acids is 1. The van der Waals surface area contributed by atoms with E-state index in [9.17, 15) is 29.1 Å². The SMILES string of the molecule is CC(C)C[C@H](N)C(=O)N[C@H]1CSCc2cccc(c2)C[S+](C)CC[C@H](C(=O)O)NC(=O)CNC(=O)CNC1=O. The molecule has 4 atom stereocenters. The van der Waals surface area contributed by atoms with Gasteiger partial charge >= 0.3 is 5.97 Å². The molecule has 4 amide bonds. The number of nitrogens with one attached hydrogen (secondary N) is 4. The largest absolute Gasteiger partial charge is 0.480 e. The smallest absolute Gasteiger partial charge is 0.326 e. The molecule has 13 heteroatoms. The van der Waals surface area contributed by atoms with E-state index in [2.05, 4.69) is 33.6 Å². The van der Waals surface area contributed by atoms with E-state index in [1.54, 1.807) is 0 Å². The highest BCUT2D eigenvalue weighted by Crippen LogP contribution is 2.17. The maximum atomic E-state index is 12.9. The van der Waals surface area contributed by atoms with Gasteiger partial charge < -0.3 is 32.1 Å². The molecule has 1 aliphatic heterocycles. The van der Waals surface area contributed by atoms with Crippen LogP contribution in [0.4, 0.5) is 0 Å². The van der Waals surface area contributed by atoms with Crippen molar-refractivity contribution in [3.63, 3.8) is 0 Å². The Morgan fingerprint density at radius 1 is 1.15 bits per heavy atom. The summed E-state index contributed by atoms with van der Waals surface area (Å²) in [6.45, 7) is 3.06. The molecule has 1 aromatic rings. The first-order valence-electron chi connectivity index (χ1n) is 12.8. The highest BCUT2D eigenvalue weighted by atomic mass is 32.2. The molecule has 0 saturated heterocycles. The fourth-order valence-corrected chi connectivity index (χ4v) is 6.43. The van der Waals surface area contributed by atoms with Crippen molar-refractivity contribution in [2.75, 3.05) is 30.9 Å². The van der Waals surface area contributed by atoms with E-state index in [1.165, 1.54) is 11.8 Å². The van der Waals surface area contributed by atoms with Gasteiger partial charge in [0, 0.05) is 23.5 Å². The zero-order valence-corrected chi connectivity index (χ0v) is 24.3. The minimum atomic E-state index is -1.14. The molecule has 2 rings (SSSR count). The van der Waals surface area contributed by atoms with E-state index < -0.39 is 60.8 Å². The van der Waals surface area contributed by atoms with Crippen LogP contribution in [0.25, 0.3) is 0 Å². The average molecular weight is 583 g/mol. The van der Waals surface area contributed by atoms with Crippen LogP contribution in [0, 0.1) is 5.92 Å². The van der Waals surface area contributed by atoms with E-state index in [1.807, 2.05) is 32.0 Å². The van der Waals surface area contributed by atoms with Crippen LogP contribution >= 0.6 is 11.8 Å². The highest BCUT2D eigenvalue weighted by molar-refractivity contribution is 7.98. The van der Waals surface area contributed by atoms with Crippen LogP contribution in [-0.4, -0.2) is 83.7 Å². The van der Waals surface area contributed by atoms with Gasteiger partial charge in [-0.25, -0.2) is 4.79 Å². The van der Waals surface area contributed by atoms with Crippen molar-refractivity contribution in [3.05, 3.63) is 35.4 Å². The highest BCUT2D eigenvalue weighted by Gasteiger charge is 2.26. The van der Waals surface area contributed by atoms with E-state index in [0.717, 1.165) is 16.9 Å². The number of nitrogens with two attached hydrogens (primary N) is 1. The summed E-state index contributed by atoms with van der Waals surface area (Å²) >= 11 is 1.48. The predicted octanol–water partition coefficient (Wildman–Crippen LogP) is -0.268. The standard InChI is InChI=1S/C26H39N5O6S2/c1-16(2)9-19(27)24(34)31-21-14-38-13-17-5-4-6-18(10-17)15-39(3)8-7-20(26(36)37)30-23(33)12-28-22(32)11-29-25(21)35/h4-6,10,16,19-21H,7-9,11-15,27H2,1-3H3,(H4-,28,29,30,31,32,33,34,35,36,37)/p+1/t19-,20+,21-,39?/m0/s1. The number of fused-ring (bicyclic) bond motifs is 2. The van der Waals surface area contributed by atoms with Crippen LogP contribution in [0.15, 0.2) is 24.3 Å². The number of hydrogen-bond donors (Lipinski definition) is 6. The summed E-state index contributed by atoms with van der Waals surface area (Å²) in [5.41, 5.74) is 8.18. The third kappa shape index (κ3) is 12.3. The van der Waals surface area contributed by atoms with Crippen molar-refractivity contribution in [2.45, 2.75) is 56.3 Å². The number of amides is 4. The molecule has 216 valence electrons. The number of carbonyl (C=O) groups is 5. The summed E-state index contributed by atoms with van der Waals surface area (Å²) in [5.74, 6) is -0.913. The average Bonchev–Trinajstić information content (AvgIpc) is 2.86. The number of aliphatic carboxylic acids is 1. The van der Waals surface area contributed by atoms with Crippen molar-refractivity contribution in [1.29, 1.82) is 0 Å². The minimum Gasteiger partial charge on any atom is -0.480 e. The Morgan fingerprint density at radius 2 is 1.85 bits per heavy atom. The van der Waals surface area contributed by atoms with Crippen LogP contribution in [-0.2, 0) is 46.4 Å². The van der Waals surface area contributed by atoms with Crippen molar-refractivity contribution in [1.82, 2.24) is 21.3 Å². The second kappa shape index (κ2) is 16.4. The summed E-state index contributed by atoms with van der Waals surface area (Å²) in [7, 11) is -0.122. The molecule has 1 heterocycles. The first-order chi connectivity index (χ1) is 18.4. The van der Waals surface area contributed by atoms with Gasteiger partial charge in [0.05, 0.1) is 25.4 Å². The van der Waals surface area contributed by atoms with Crippen LogP contribution in [0.3, 0.4) is 0 Å². The van der Waals surface area contributed by atoms with E-state index in [4.69, 9.17) is 5.73 Å². The molecule has 1 aromatic carbocycles. The second-order valence-electron chi connectivity index (χ2n) is 10.0. The third-order valence-electron chi connectivity index (χ3n) is 5.91. The molecule has 1 aliphatic rings. The molecule has 39 heavy (non-hydrogen) atoms. The molecule has 7 N–H and O–H groups in total.